The number of hydrogen-bond acceptors (Lipinski definition) is 8. The van der Waals surface area contributed by atoms with Gasteiger partial charge in [0.15, 0.2) is 11.5 Å². The lowest BCUT2D eigenvalue weighted by atomic mass is 10.00. The summed E-state index contributed by atoms with van der Waals surface area (Å²) in [6, 6.07) is 2.94. The highest BCUT2D eigenvalue weighted by Gasteiger charge is 2.34. The molecule has 12 heteroatoms. The Morgan fingerprint density at radius 1 is 1.17 bits per heavy atom. The number of carbonyl (C=O) groups is 1. The van der Waals surface area contributed by atoms with E-state index in [-0.39, 0.29) is 35.2 Å². The van der Waals surface area contributed by atoms with Crippen molar-refractivity contribution in [3.63, 3.8) is 0 Å². The zero-order valence-electron chi connectivity index (χ0n) is 24.3. The molecule has 1 amide bonds. The van der Waals surface area contributed by atoms with Crippen molar-refractivity contribution in [3.8, 4) is 17.1 Å². The van der Waals surface area contributed by atoms with E-state index in [1.54, 1.807) is 22.0 Å². The molecule has 4 aromatic heterocycles. The van der Waals surface area contributed by atoms with Gasteiger partial charge >= 0.3 is 5.69 Å². The fourth-order valence-corrected chi connectivity index (χ4v) is 6.05. The summed E-state index contributed by atoms with van der Waals surface area (Å²) in [6.45, 7) is 13.0. The van der Waals surface area contributed by atoms with Crippen molar-refractivity contribution in [1.29, 1.82) is 0 Å². The van der Waals surface area contributed by atoms with Crippen molar-refractivity contribution in [2.45, 2.75) is 71.5 Å². The lowest BCUT2D eigenvalue weighted by Gasteiger charge is -2.44. The van der Waals surface area contributed by atoms with E-state index in [9.17, 15) is 9.59 Å². The van der Waals surface area contributed by atoms with Gasteiger partial charge in [-0.25, -0.2) is 18.7 Å². The first-order valence-electron chi connectivity index (χ1n) is 14.4. The van der Waals surface area contributed by atoms with Gasteiger partial charge in [-0.05, 0) is 62.8 Å². The van der Waals surface area contributed by atoms with Crippen molar-refractivity contribution >= 4 is 22.8 Å². The lowest BCUT2D eigenvalue weighted by Crippen LogP contribution is -2.58. The third kappa shape index (κ3) is 4.64. The first-order chi connectivity index (χ1) is 20.2. The van der Waals surface area contributed by atoms with Crippen molar-refractivity contribution in [1.82, 2.24) is 39.4 Å². The molecule has 4 bridgehead atoms. The van der Waals surface area contributed by atoms with Crippen LogP contribution in [0.15, 0.2) is 42.0 Å². The highest BCUT2D eigenvalue weighted by molar-refractivity contribution is 5.91. The maximum absolute atomic E-state index is 15.9. The number of aryl methyl sites for hydroxylation is 2. The first-order valence-corrected chi connectivity index (χ1v) is 14.4. The molecule has 218 valence electrons. The van der Waals surface area contributed by atoms with Crippen LogP contribution in [-0.2, 0) is 17.8 Å². The second-order valence-corrected chi connectivity index (χ2v) is 11.5. The molecule has 0 aromatic carbocycles. The molecule has 42 heavy (non-hydrogen) atoms. The van der Waals surface area contributed by atoms with Crippen LogP contribution in [0.3, 0.4) is 0 Å². The van der Waals surface area contributed by atoms with Crippen LogP contribution >= 0.6 is 0 Å². The molecule has 6 heterocycles. The van der Waals surface area contributed by atoms with Crippen LogP contribution in [0.4, 0.5) is 10.2 Å². The van der Waals surface area contributed by atoms with E-state index in [0.29, 0.717) is 48.6 Å². The number of halogens is 1. The van der Waals surface area contributed by atoms with Crippen molar-refractivity contribution in [3.05, 3.63) is 64.7 Å². The quantitative estimate of drug-likeness (QED) is 0.343. The topological polar surface area (TPSA) is 115 Å². The maximum Gasteiger partial charge on any atom is 0.355 e. The Labute approximate surface area is 242 Å². The molecule has 1 fully saturated rings. The largest absolute Gasteiger partial charge is 0.355 e. The molecule has 6 rings (SSSR count). The molecule has 0 spiro atoms. The highest BCUT2D eigenvalue weighted by Crippen LogP contribution is 2.34. The summed E-state index contributed by atoms with van der Waals surface area (Å²) in [6.07, 6.45) is 7.14. The third-order valence-corrected chi connectivity index (χ3v) is 8.19. The van der Waals surface area contributed by atoms with Crippen LogP contribution < -0.4 is 10.6 Å². The zero-order valence-corrected chi connectivity index (χ0v) is 24.3. The first kappa shape index (κ1) is 27.7. The number of piperazine rings is 1. The van der Waals surface area contributed by atoms with E-state index in [0.717, 1.165) is 24.1 Å². The fourth-order valence-electron chi connectivity index (χ4n) is 6.05. The van der Waals surface area contributed by atoms with Gasteiger partial charge in [-0.1, -0.05) is 25.6 Å². The highest BCUT2D eigenvalue weighted by atomic mass is 19.1. The summed E-state index contributed by atoms with van der Waals surface area (Å²) in [5.74, 6) is -0.407. The zero-order chi connectivity index (χ0) is 29.7. The average molecular weight is 572 g/mol. The molecule has 2 unspecified atom stereocenters. The molecular weight excluding hydrogens is 537 g/mol. The Morgan fingerprint density at radius 3 is 2.74 bits per heavy atom. The summed E-state index contributed by atoms with van der Waals surface area (Å²) in [4.78, 5) is 44.4. The molecule has 1 saturated heterocycles. The fraction of sp³-hybridized carbons (Fsp3) is 0.433. The van der Waals surface area contributed by atoms with Gasteiger partial charge in [-0.3, -0.25) is 14.5 Å². The number of pyridine rings is 2. The van der Waals surface area contributed by atoms with E-state index in [4.69, 9.17) is 4.98 Å². The molecule has 4 aromatic rings. The van der Waals surface area contributed by atoms with Crippen LogP contribution in [0.1, 0.15) is 57.7 Å². The normalized spacial score (nSPS) is 18.9. The molecule has 11 nitrogen and oxygen atoms in total. The third-order valence-electron chi connectivity index (χ3n) is 8.19. The summed E-state index contributed by atoms with van der Waals surface area (Å²) in [5, 5.41) is 8.78. The predicted octanol–water partition coefficient (Wildman–Crippen LogP) is 3.64. The van der Waals surface area contributed by atoms with Gasteiger partial charge in [-0.15, -0.1) is 5.10 Å². The number of anilines is 1. The SMILES string of the molecule is C=CC(=O)N1CC(C)N(c2nc(=O)n3c4nc(c(F)cc24)-c2cn(nn2)CCCCc2ccnc(C(C)C)c2-3)CC1C. The number of amides is 1. The van der Waals surface area contributed by atoms with Gasteiger partial charge in [-0.2, -0.15) is 4.98 Å². The molecule has 2 atom stereocenters. The summed E-state index contributed by atoms with van der Waals surface area (Å²) in [5.41, 5.74) is 2.40. The van der Waals surface area contributed by atoms with Gasteiger partial charge in [0.05, 0.1) is 23.0 Å². The monoisotopic (exact) mass is 571 g/mol. The minimum Gasteiger partial charge on any atom is -0.349 e. The molecule has 0 saturated carbocycles. The van der Waals surface area contributed by atoms with Crippen molar-refractivity contribution < 1.29 is 9.18 Å². The molecular formula is C30H34FN9O2. The second kappa shape index (κ2) is 10.7. The standard InChI is InChI=1S/C30H34FN9O2/c1-6-24(41)38-14-19(5)39(15-18(38)4)28-21-13-22(31)26-23-16-37(36-35-23)12-8-7-9-20-10-11-32-25(17(2)3)27(20)40(29(21)33-26)30(42)34-28/h6,10-11,13,16-19H,1,7-9,12,14-15H2,2-5H3. The van der Waals surface area contributed by atoms with Crippen LogP contribution in [0.2, 0.25) is 0 Å². The van der Waals surface area contributed by atoms with Crippen molar-refractivity contribution in [2.24, 2.45) is 0 Å². The van der Waals surface area contributed by atoms with Gasteiger partial charge < -0.3 is 9.80 Å². The van der Waals surface area contributed by atoms with Crippen LogP contribution in [0, 0.1) is 5.82 Å². The van der Waals surface area contributed by atoms with E-state index in [2.05, 4.69) is 26.9 Å². The van der Waals surface area contributed by atoms with Crippen molar-refractivity contribution in [2.75, 3.05) is 18.0 Å². The Balaban J connectivity index is 1.65. The minimum absolute atomic E-state index is 0.00663. The molecule has 2 aliphatic rings. The van der Waals surface area contributed by atoms with Gasteiger partial charge in [0.2, 0.25) is 5.91 Å². The smallest absolute Gasteiger partial charge is 0.349 e. The number of aromatic nitrogens is 7. The average Bonchev–Trinajstić information content (AvgIpc) is 3.44. The van der Waals surface area contributed by atoms with E-state index >= 15 is 4.39 Å². The number of fused-ring (bicyclic) bond motifs is 6. The number of hydrogen-bond donors (Lipinski definition) is 0. The Kier molecular flexibility index (Phi) is 7.07. The van der Waals surface area contributed by atoms with E-state index < -0.39 is 11.5 Å². The van der Waals surface area contributed by atoms with Gasteiger partial charge in [0.25, 0.3) is 0 Å². The van der Waals surface area contributed by atoms with E-state index in [1.165, 1.54) is 16.7 Å². The molecule has 0 N–H and O–H groups in total. The van der Waals surface area contributed by atoms with Gasteiger partial charge in [0.1, 0.15) is 17.2 Å². The summed E-state index contributed by atoms with van der Waals surface area (Å²) < 4.78 is 19.1. The van der Waals surface area contributed by atoms with Crippen LogP contribution in [0.5, 0.6) is 0 Å². The molecule has 0 radical (unpaired) electrons. The number of carbonyl (C=O) groups excluding carboxylic acids is 1. The van der Waals surface area contributed by atoms with Gasteiger partial charge in [0, 0.05) is 37.9 Å². The maximum atomic E-state index is 15.9. The summed E-state index contributed by atoms with van der Waals surface area (Å²) >= 11 is 0. The number of nitrogens with zero attached hydrogens (tertiary/aromatic N) is 9. The minimum atomic E-state index is -0.589. The Hall–Kier alpha value is -4.48. The second-order valence-electron chi connectivity index (χ2n) is 11.5. The Morgan fingerprint density at radius 2 is 1.98 bits per heavy atom. The molecule has 0 aliphatic carbocycles. The Bertz CT molecular complexity index is 1760. The lowest BCUT2D eigenvalue weighted by molar-refractivity contribution is -0.128. The number of rotatable bonds is 3. The van der Waals surface area contributed by atoms with Crippen LogP contribution in [0.25, 0.3) is 28.1 Å². The summed E-state index contributed by atoms with van der Waals surface area (Å²) in [7, 11) is 0. The molecule has 2 aliphatic heterocycles. The van der Waals surface area contributed by atoms with Crippen LogP contribution in [-0.4, -0.2) is 70.5 Å². The van der Waals surface area contributed by atoms with E-state index in [1.807, 2.05) is 38.7 Å². The predicted molar refractivity (Wildman–Crippen MR) is 157 cm³/mol.